The fraction of sp³-hybridized carbons (Fsp3) is 0.569. The average Bonchev–Trinajstić information content (AvgIpc) is 0.714. The van der Waals surface area contributed by atoms with Crippen LogP contribution < -0.4 is 82.5 Å². The summed E-state index contributed by atoms with van der Waals surface area (Å²) < 4.78 is 11.9. The first kappa shape index (κ1) is 72.4. The number of amides is 6. The van der Waals surface area contributed by atoms with E-state index in [1.807, 2.05) is 0 Å². The standard InChI is InChI=1S/C58H88N18O15/c1-28(10-6-20-67-54(59)60)71-50(85)35(15-8-22-69-56(63)64)75-53(88)36(16-9-23-70-57(65)66)76-52(87)34(14-7-21-68-55(61)62)74-41(80)19-18-37(72-29(2)78)51(86)73-30-11-4-12-31(24-30)91-39-26-58(89,40(79)27-77)25-33-43(39)49(84)45-44(47(33)82)46(81)32-13-5-17-38(90-3)42(32)48(45)83/h5,13,17,28,30-31,34-37,39,77,82,84,89H,4,6-12,14-16,18-27H2,1-3H3,(H,71,85)(H,72,78)(H,73,86)(H,74,80)(H,75,88)(H,76,87)(H4,59,60,67)(H4,61,62,68)(H4,63,64,69)(H4,65,66,70)/t28-,30?,31?,34+,35+,36+,37+,39+,58-/m1/s1. The van der Waals surface area contributed by atoms with Crippen LogP contribution in [0.15, 0.2) is 38.2 Å². The van der Waals surface area contributed by atoms with Gasteiger partial charge in [0.1, 0.15) is 53.6 Å². The van der Waals surface area contributed by atoms with Crippen LogP contribution in [0.1, 0.15) is 159 Å². The van der Waals surface area contributed by atoms with Crippen LogP contribution in [-0.2, 0) is 44.7 Å². The number of nitrogens with two attached hydrogens (primary N) is 8. The SMILES string of the molecule is COc1cccc2c1C(=O)c1c(O)c3c(c(O)c1C2=O)C[C@](O)(C(=O)CO)C[C@@H]3OC1CCCC(NC(=O)[C@H](CCC(=O)N[C@@H](CCCN=C(N)N)C(=O)N[C@@H](CCCN=C(N)N)C(=O)N[C@@H](CCCN=C(N)N)C(=O)N[C@H](C)CCCN=C(N)N)NC(C)=O)C1. The van der Waals surface area contributed by atoms with Gasteiger partial charge in [0.2, 0.25) is 41.2 Å². The Morgan fingerprint density at radius 1 is 0.648 bits per heavy atom. The molecule has 5 rings (SSSR count). The Bertz CT molecular complexity index is 3120. The Kier molecular flexibility index (Phi) is 27.0. The molecular weight excluding hydrogens is 1190 g/mol. The molecule has 500 valence electrons. The molecule has 9 atom stereocenters. The number of ether oxygens (including phenoxy) is 2. The van der Waals surface area contributed by atoms with Crippen molar-refractivity contribution >= 4 is 76.6 Å². The third-order valence-corrected chi connectivity index (χ3v) is 15.7. The van der Waals surface area contributed by atoms with Crippen molar-refractivity contribution in [3.63, 3.8) is 0 Å². The van der Waals surface area contributed by atoms with E-state index in [9.17, 15) is 63.6 Å². The number of methoxy groups -OCH3 is 1. The van der Waals surface area contributed by atoms with Gasteiger partial charge < -0.3 is 108 Å². The molecule has 0 saturated heterocycles. The summed E-state index contributed by atoms with van der Waals surface area (Å²) in [7, 11) is 1.29. The molecule has 33 nitrogen and oxygen atoms in total. The smallest absolute Gasteiger partial charge is 0.243 e. The van der Waals surface area contributed by atoms with Crippen molar-refractivity contribution in [2.24, 2.45) is 65.8 Å². The predicted octanol–water partition coefficient (Wildman–Crippen LogP) is -3.94. The van der Waals surface area contributed by atoms with E-state index in [1.165, 1.54) is 32.2 Å². The first-order chi connectivity index (χ1) is 43.1. The molecule has 91 heavy (non-hydrogen) atoms. The number of hydrogen-bond acceptors (Lipinski definition) is 19. The van der Waals surface area contributed by atoms with Crippen LogP contribution in [0.4, 0.5) is 0 Å². The van der Waals surface area contributed by atoms with Gasteiger partial charge in [-0.2, -0.15) is 0 Å². The number of phenolic OH excluding ortho intramolecular Hbond substituents is 2. The van der Waals surface area contributed by atoms with Gasteiger partial charge in [0.05, 0.1) is 36.0 Å². The fourth-order valence-electron chi connectivity index (χ4n) is 11.3. The summed E-state index contributed by atoms with van der Waals surface area (Å²) in [5.41, 5.74) is 39.9. The number of nitrogens with zero attached hydrogens (tertiary/aromatic N) is 4. The number of aliphatic hydroxyl groups is 2. The first-order valence-electron chi connectivity index (χ1n) is 30.0. The van der Waals surface area contributed by atoms with Gasteiger partial charge in [-0.1, -0.05) is 12.1 Å². The van der Waals surface area contributed by atoms with E-state index in [0.717, 1.165) is 0 Å². The molecule has 2 aromatic rings. The van der Waals surface area contributed by atoms with Gasteiger partial charge in [-0.3, -0.25) is 63.1 Å². The first-order valence-corrected chi connectivity index (χ1v) is 30.0. The maximum atomic E-state index is 14.3. The van der Waals surface area contributed by atoms with Crippen molar-refractivity contribution in [2.45, 2.75) is 171 Å². The molecule has 3 aliphatic carbocycles. The van der Waals surface area contributed by atoms with Gasteiger partial charge in [0, 0.05) is 81.1 Å². The number of carbonyl (C=O) groups excluding carboxylic acids is 9. The van der Waals surface area contributed by atoms with Crippen LogP contribution >= 0.6 is 0 Å². The van der Waals surface area contributed by atoms with E-state index in [0.29, 0.717) is 38.6 Å². The molecule has 2 unspecified atom stereocenters. The van der Waals surface area contributed by atoms with Crippen molar-refractivity contribution in [3.05, 3.63) is 51.6 Å². The second-order valence-corrected chi connectivity index (χ2v) is 22.7. The van der Waals surface area contributed by atoms with Crippen LogP contribution in [0, 0.1) is 0 Å². The van der Waals surface area contributed by atoms with Crippen molar-refractivity contribution in [3.8, 4) is 17.2 Å². The lowest BCUT2D eigenvalue weighted by Gasteiger charge is -2.41. The summed E-state index contributed by atoms with van der Waals surface area (Å²) in [5, 5.41) is 61.9. The van der Waals surface area contributed by atoms with Gasteiger partial charge in [0.25, 0.3) is 0 Å². The van der Waals surface area contributed by atoms with Crippen LogP contribution in [0.3, 0.4) is 0 Å². The number of carbonyl (C=O) groups is 9. The minimum absolute atomic E-state index is 0.0301. The Morgan fingerprint density at radius 3 is 1.67 bits per heavy atom. The Morgan fingerprint density at radius 2 is 1.15 bits per heavy atom. The largest absolute Gasteiger partial charge is 0.507 e. The van der Waals surface area contributed by atoms with Gasteiger partial charge in [-0.25, -0.2) is 0 Å². The van der Waals surface area contributed by atoms with E-state index < -0.39 is 149 Å². The fourth-order valence-corrected chi connectivity index (χ4v) is 11.3. The maximum absolute atomic E-state index is 14.3. The van der Waals surface area contributed by atoms with Crippen molar-refractivity contribution < 1.29 is 73.1 Å². The normalized spacial score (nSPS) is 18.9. The quantitative estimate of drug-likeness (QED) is 0.0117. The summed E-state index contributed by atoms with van der Waals surface area (Å²) in [4.78, 5) is 140. The minimum Gasteiger partial charge on any atom is -0.507 e. The molecule has 0 bridgehead atoms. The molecule has 33 heteroatoms. The summed E-state index contributed by atoms with van der Waals surface area (Å²) in [6.45, 7) is 2.35. The molecule has 2 aromatic carbocycles. The third-order valence-electron chi connectivity index (χ3n) is 15.7. The summed E-state index contributed by atoms with van der Waals surface area (Å²) >= 11 is 0. The molecule has 1 saturated carbocycles. The zero-order chi connectivity index (χ0) is 67.3. The third kappa shape index (κ3) is 20.6. The Hall–Kier alpha value is -9.37. The van der Waals surface area contributed by atoms with E-state index in [-0.39, 0.29) is 129 Å². The number of hydrogen-bond donors (Lipinski definition) is 18. The molecule has 26 N–H and O–H groups in total. The van der Waals surface area contributed by atoms with Crippen molar-refractivity contribution in [2.75, 3.05) is 39.9 Å². The zero-order valence-corrected chi connectivity index (χ0v) is 51.4. The lowest BCUT2D eigenvalue weighted by Crippen LogP contribution is -2.57. The van der Waals surface area contributed by atoms with Crippen LogP contribution in [0.25, 0.3) is 0 Å². The number of benzene rings is 2. The van der Waals surface area contributed by atoms with Crippen molar-refractivity contribution in [1.29, 1.82) is 0 Å². The monoisotopic (exact) mass is 1280 g/mol. The molecule has 0 heterocycles. The number of rotatable bonds is 34. The number of fused-ring (bicyclic) bond motifs is 3. The second kappa shape index (κ2) is 34.0. The number of guanidine groups is 4. The number of nitrogens with one attached hydrogen (secondary N) is 6. The topological polar surface area (TPSA) is 583 Å². The average molecular weight is 1280 g/mol. The predicted molar refractivity (Wildman–Crippen MR) is 333 cm³/mol. The van der Waals surface area contributed by atoms with Gasteiger partial charge >= 0.3 is 0 Å². The van der Waals surface area contributed by atoms with E-state index >= 15 is 0 Å². The number of aromatic hydroxyl groups is 2. The van der Waals surface area contributed by atoms with Crippen LogP contribution in [0.2, 0.25) is 0 Å². The highest BCUT2D eigenvalue weighted by Crippen LogP contribution is 2.52. The molecule has 0 radical (unpaired) electrons. The number of aliphatic hydroxyl groups excluding tert-OH is 1. The van der Waals surface area contributed by atoms with Crippen molar-refractivity contribution in [1.82, 2.24) is 31.9 Å². The highest BCUT2D eigenvalue weighted by Gasteiger charge is 2.50. The van der Waals surface area contributed by atoms with E-state index in [1.54, 1.807) is 6.92 Å². The van der Waals surface area contributed by atoms with Gasteiger partial charge in [0.15, 0.2) is 35.4 Å². The minimum atomic E-state index is -2.37. The van der Waals surface area contributed by atoms with E-state index in [2.05, 4.69) is 51.9 Å². The molecule has 6 amide bonds. The number of ketones is 3. The molecule has 1 fully saturated rings. The number of aliphatic imine (C=N–C) groups is 4. The number of phenols is 2. The highest BCUT2D eigenvalue weighted by atomic mass is 16.5. The maximum Gasteiger partial charge on any atom is 0.243 e. The number of Topliss-reactive ketones (excluding diaryl/α,β-unsaturated/α-hetero) is 1. The lowest BCUT2D eigenvalue weighted by atomic mass is 9.71. The molecule has 0 spiro atoms. The van der Waals surface area contributed by atoms with E-state index in [4.69, 9.17) is 55.3 Å². The molecule has 0 aromatic heterocycles. The summed E-state index contributed by atoms with van der Waals surface area (Å²) in [6, 6.07) is -1.89. The van der Waals surface area contributed by atoms with Gasteiger partial charge in [-0.15, -0.1) is 0 Å². The Labute approximate surface area is 525 Å². The molecular formula is C58H88N18O15. The lowest BCUT2D eigenvalue weighted by molar-refractivity contribution is -0.150. The summed E-state index contributed by atoms with van der Waals surface area (Å²) in [5.74, 6) is -9.10. The van der Waals surface area contributed by atoms with Crippen LogP contribution in [0.5, 0.6) is 17.2 Å². The summed E-state index contributed by atoms with van der Waals surface area (Å²) in [6.07, 6.45) is -1.38. The molecule has 3 aliphatic rings. The van der Waals surface area contributed by atoms with Gasteiger partial charge in [-0.05, 0) is 96.5 Å². The molecule has 0 aliphatic heterocycles. The Balaban J connectivity index is 1.32. The zero-order valence-electron chi connectivity index (χ0n) is 51.4. The highest BCUT2D eigenvalue weighted by molar-refractivity contribution is 6.31. The van der Waals surface area contributed by atoms with Crippen LogP contribution in [-0.4, -0.2) is 185 Å². The second-order valence-electron chi connectivity index (χ2n) is 22.7.